The minimum Gasteiger partial charge on any atom is -0.508 e. The highest BCUT2D eigenvalue weighted by Crippen LogP contribution is 2.20. The molecule has 0 aliphatic heterocycles. The van der Waals surface area contributed by atoms with Gasteiger partial charge in [0.25, 0.3) is 0 Å². The molecule has 3 nitrogen and oxygen atoms in total. The van der Waals surface area contributed by atoms with Crippen LogP contribution in [0, 0.1) is 6.92 Å². The summed E-state index contributed by atoms with van der Waals surface area (Å²) in [6.45, 7) is 1.88. The van der Waals surface area contributed by atoms with Crippen LogP contribution in [0.25, 0.3) is 6.08 Å². The Hall–Kier alpha value is -2.55. The quantitative estimate of drug-likeness (QED) is 0.652. The summed E-state index contributed by atoms with van der Waals surface area (Å²) in [7, 11) is 0. The van der Waals surface area contributed by atoms with Gasteiger partial charge in [-0.15, -0.1) is 0 Å². The third kappa shape index (κ3) is 3.22. The molecule has 0 amide bonds. The van der Waals surface area contributed by atoms with E-state index in [4.69, 9.17) is 0 Å². The first-order valence-electron chi connectivity index (χ1n) is 5.87. The maximum atomic E-state index is 11.9. The van der Waals surface area contributed by atoms with E-state index in [0.717, 1.165) is 5.56 Å². The van der Waals surface area contributed by atoms with Crippen LogP contribution in [0.1, 0.15) is 21.5 Å². The smallest absolute Gasteiger partial charge is 0.185 e. The van der Waals surface area contributed by atoms with Crippen LogP contribution >= 0.6 is 0 Å². The Labute approximate surface area is 111 Å². The second-order valence-corrected chi connectivity index (χ2v) is 4.31. The van der Waals surface area contributed by atoms with E-state index in [2.05, 4.69) is 0 Å². The topological polar surface area (TPSA) is 57.5 Å². The largest absolute Gasteiger partial charge is 0.508 e. The van der Waals surface area contributed by atoms with E-state index in [0.29, 0.717) is 11.1 Å². The molecule has 2 aromatic rings. The zero-order valence-corrected chi connectivity index (χ0v) is 10.5. The van der Waals surface area contributed by atoms with Gasteiger partial charge in [-0.2, -0.15) is 0 Å². The molecule has 3 heteroatoms. The van der Waals surface area contributed by atoms with E-state index < -0.39 is 0 Å². The fraction of sp³-hybridized carbons (Fsp3) is 0.0625. The number of allylic oxidation sites excluding steroid dienone is 1. The molecule has 0 aromatic heterocycles. The van der Waals surface area contributed by atoms with Gasteiger partial charge in [0.1, 0.15) is 11.5 Å². The predicted molar refractivity (Wildman–Crippen MR) is 74.3 cm³/mol. The van der Waals surface area contributed by atoms with Gasteiger partial charge in [0.15, 0.2) is 5.78 Å². The van der Waals surface area contributed by atoms with E-state index in [1.165, 1.54) is 18.2 Å². The van der Waals surface area contributed by atoms with Gasteiger partial charge in [0, 0.05) is 11.1 Å². The molecule has 19 heavy (non-hydrogen) atoms. The van der Waals surface area contributed by atoms with Crippen LogP contribution in [0.5, 0.6) is 11.5 Å². The molecule has 0 heterocycles. The number of benzene rings is 2. The molecule has 0 unspecified atom stereocenters. The number of aromatic hydroxyl groups is 2. The molecule has 0 bridgehead atoms. The standard InChI is InChI=1S/C16H14O3/c1-11-5-6-12(16(19)9-11)7-8-15(18)13-3-2-4-14(17)10-13/h2-10,17,19H,1H3. The summed E-state index contributed by atoms with van der Waals surface area (Å²) in [6, 6.07) is 11.4. The number of ketones is 1. The lowest BCUT2D eigenvalue weighted by atomic mass is 10.1. The van der Waals surface area contributed by atoms with Gasteiger partial charge < -0.3 is 10.2 Å². The molecular weight excluding hydrogens is 240 g/mol. The van der Waals surface area contributed by atoms with Crippen LogP contribution in [-0.4, -0.2) is 16.0 Å². The van der Waals surface area contributed by atoms with Crippen LogP contribution in [0.4, 0.5) is 0 Å². The van der Waals surface area contributed by atoms with E-state index in [1.54, 1.807) is 30.3 Å². The summed E-state index contributed by atoms with van der Waals surface area (Å²) in [6.07, 6.45) is 2.93. The molecule has 0 atom stereocenters. The Morgan fingerprint density at radius 3 is 2.58 bits per heavy atom. The summed E-state index contributed by atoms with van der Waals surface area (Å²) in [4.78, 5) is 11.9. The van der Waals surface area contributed by atoms with Gasteiger partial charge in [-0.1, -0.05) is 24.3 Å². The summed E-state index contributed by atoms with van der Waals surface area (Å²) >= 11 is 0. The van der Waals surface area contributed by atoms with E-state index in [-0.39, 0.29) is 17.3 Å². The van der Waals surface area contributed by atoms with E-state index in [9.17, 15) is 15.0 Å². The third-order valence-corrected chi connectivity index (χ3v) is 2.73. The molecule has 2 N–H and O–H groups in total. The number of phenols is 2. The summed E-state index contributed by atoms with van der Waals surface area (Å²) in [5, 5.41) is 19.0. The zero-order chi connectivity index (χ0) is 13.8. The van der Waals surface area contributed by atoms with Crippen LogP contribution in [0.2, 0.25) is 0 Å². The van der Waals surface area contributed by atoms with Crippen molar-refractivity contribution in [2.45, 2.75) is 6.92 Å². The normalized spacial score (nSPS) is 10.8. The molecule has 0 radical (unpaired) electrons. The highest BCUT2D eigenvalue weighted by molar-refractivity contribution is 6.07. The van der Waals surface area contributed by atoms with Crippen LogP contribution in [0.15, 0.2) is 48.5 Å². The third-order valence-electron chi connectivity index (χ3n) is 2.73. The molecule has 0 aliphatic carbocycles. The highest BCUT2D eigenvalue weighted by Gasteiger charge is 2.03. The first-order valence-corrected chi connectivity index (χ1v) is 5.87. The average molecular weight is 254 g/mol. The van der Waals surface area contributed by atoms with E-state index >= 15 is 0 Å². The first kappa shape index (κ1) is 12.9. The number of hydrogen-bond donors (Lipinski definition) is 2. The minimum absolute atomic E-state index is 0.0532. The zero-order valence-electron chi connectivity index (χ0n) is 10.5. The summed E-state index contributed by atoms with van der Waals surface area (Å²) in [5.41, 5.74) is 1.94. The SMILES string of the molecule is Cc1ccc(C=CC(=O)c2cccc(O)c2)c(O)c1. The Morgan fingerprint density at radius 2 is 1.89 bits per heavy atom. The van der Waals surface area contributed by atoms with Crippen molar-refractivity contribution >= 4 is 11.9 Å². The van der Waals surface area contributed by atoms with Crippen molar-refractivity contribution < 1.29 is 15.0 Å². The summed E-state index contributed by atoms with van der Waals surface area (Å²) in [5.74, 6) is -0.0340. The highest BCUT2D eigenvalue weighted by atomic mass is 16.3. The summed E-state index contributed by atoms with van der Waals surface area (Å²) < 4.78 is 0. The first-order chi connectivity index (χ1) is 9.06. The number of hydrogen-bond acceptors (Lipinski definition) is 3. The van der Waals surface area contributed by atoms with Gasteiger partial charge in [-0.3, -0.25) is 4.79 Å². The maximum Gasteiger partial charge on any atom is 0.185 e. The van der Waals surface area contributed by atoms with Crippen LogP contribution in [-0.2, 0) is 0 Å². The van der Waals surface area contributed by atoms with Crippen molar-refractivity contribution in [3.63, 3.8) is 0 Å². The second-order valence-electron chi connectivity index (χ2n) is 4.31. The van der Waals surface area contributed by atoms with Crippen molar-refractivity contribution in [3.8, 4) is 11.5 Å². The molecule has 2 rings (SSSR count). The van der Waals surface area contributed by atoms with Crippen molar-refractivity contribution in [3.05, 3.63) is 65.2 Å². The molecule has 0 saturated heterocycles. The maximum absolute atomic E-state index is 11.9. The van der Waals surface area contributed by atoms with E-state index in [1.807, 2.05) is 13.0 Å². The Morgan fingerprint density at radius 1 is 1.11 bits per heavy atom. The lowest BCUT2D eigenvalue weighted by Crippen LogP contribution is -1.93. The number of phenolic OH excluding ortho intramolecular Hbond substituents is 2. The predicted octanol–water partition coefficient (Wildman–Crippen LogP) is 3.30. The molecular formula is C16H14O3. The lowest BCUT2D eigenvalue weighted by molar-refractivity contribution is 0.104. The fourth-order valence-electron chi connectivity index (χ4n) is 1.72. The molecule has 96 valence electrons. The average Bonchev–Trinajstić information content (AvgIpc) is 2.37. The minimum atomic E-state index is -0.226. The van der Waals surface area contributed by atoms with Gasteiger partial charge >= 0.3 is 0 Å². The van der Waals surface area contributed by atoms with Crippen LogP contribution in [0.3, 0.4) is 0 Å². The number of aryl methyl sites for hydroxylation is 1. The Bertz CT molecular complexity index is 642. The molecule has 0 saturated carbocycles. The van der Waals surface area contributed by atoms with Crippen molar-refractivity contribution in [2.24, 2.45) is 0 Å². The Balaban J connectivity index is 2.21. The molecule has 0 spiro atoms. The second kappa shape index (κ2) is 5.40. The fourth-order valence-corrected chi connectivity index (χ4v) is 1.72. The van der Waals surface area contributed by atoms with Gasteiger partial charge in [0.05, 0.1) is 0 Å². The van der Waals surface area contributed by atoms with Crippen molar-refractivity contribution in [2.75, 3.05) is 0 Å². The lowest BCUT2D eigenvalue weighted by Gasteiger charge is -2.00. The number of rotatable bonds is 3. The molecule has 2 aromatic carbocycles. The molecule has 0 aliphatic rings. The van der Waals surface area contributed by atoms with Gasteiger partial charge in [-0.05, 0) is 42.8 Å². The van der Waals surface area contributed by atoms with Crippen molar-refractivity contribution in [1.82, 2.24) is 0 Å². The van der Waals surface area contributed by atoms with Crippen LogP contribution < -0.4 is 0 Å². The van der Waals surface area contributed by atoms with Gasteiger partial charge in [0.2, 0.25) is 0 Å². The van der Waals surface area contributed by atoms with Gasteiger partial charge in [-0.25, -0.2) is 0 Å². The molecule has 0 fully saturated rings. The monoisotopic (exact) mass is 254 g/mol. The number of carbonyl (C=O) groups is 1. The Kier molecular flexibility index (Phi) is 3.66. The number of carbonyl (C=O) groups excluding carboxylic acids is 1. The van der Waals surface area contributed by atoms with Crippen molar-refractivity contribution in [1.29, 1.82) is 0 Å².